The van der Waals surface area contributed by atoms with Crippen molar-refractivity contribution in [3.8, 4) is 0 Å². The molecule has 86 valence electrons. The van der Waals surface area contributed by atoms with Crippen molar-refractivity contribution >= 4 is 11.5 Å². The van der Waals surface area contributed by atoms with Crippen molar-refractivity contribution in [2.75, 3.05) is 20.1 Å². The fourth-order valence-electron chi connectivity index (χ4n) is 1.19. The molecule has 0 amide bonds. The van der Waals surface area contributed by atoms with Gasteiger partial charge in [-0.1, -0.05) is 4.49 Å². The molecule has 1 heterocycles. The van der Waals surface area contributed by atoms with E-state index in [0.29, 0.717) is 6.04 Å². The van der Waals surface area contributed by atoms with Crippen LogP contribution < -0.4 is 5.32 Å². The first kappa shape index (κ1) is 12.5. The number of rotatable bonds is 7. The Bertz CT molecular complexity index is 248. The average molecular weight is 228 g/mol. The van der Waals surface area contributed by atoms with Crippen LogP contribution in [0, 0.1) is 0 Å². The first-order valence-electron chi connectivity index (χ1n) is 5.37. The molecular weight excluding hydrogens is 208 g/mol. The Morgan fingerprint density at radius 2 is 2.33 bits per heavy atom. The molecule has 0 spiro atoms. The van der Waals surface area contributed by atoms with Gasteiger partial charge in [0.05, 0.1) is 5.69 Å². The number of hydrogen-bond donors (Lipinski definition) is 1. The Kier molecular flexibility index (Phi) is 5.75. The summed E-state index contributed by atoms with van der Waals surface area (Å²) in [5, 5.41) is 9.31. The first-order valence-corrected chi connectivity index (χ1v) is 6.20. The Morgan fingerprint density at radius 3 is 2.93 bits per heavy atom. The summed E-state index contributed by atoms with van der Waals surface area (Å²) in [6.45, 7) is 7.44. The van der Waals surface area contributed by atoms with Crippen LogP contribution >= 0.6 is 11.5 Å². The van der Waals surface area contributed by atoms with Crippen LogP contribution in [0.1, 0.15) is 26.0 Å². The fourth-order valence-corrected chi connectivity index (χ4v) is 1.64. The maximum absolute atomic E-state index is 3.97. The number of aromatic nitrogens is 2. The van der Waals surface area contributed by atoms with Crippen molar-refractivity contribution in [3.05, 3.63) is 11.1 Å². The topological polar surface area (TPSA) is 41.0 Å². The zero-order valence-electron chi connectivity index (χ0n) is 9.73. The maximum Gasteiger partial charge on any atom is 0.0893 e. The third-order valence-corrected chi connectivity index (χ3v) is 3.01. The van der Waals surface area contributed by atoms with E-state index in [1.54, 1.807) is 0 Å². The minimum absolute atomic E-state index is 0.632. The maximum atomic E-state index is 3.97. The SMILES string of the molecule is CC(C)N(C)CCCNCc1csnn1. The van der Waals surface area contributed by atoms with Crippen LogP contribution in [0.3, 0.4) is 0 Å². The Morgan fingerprint density at radius 1 is 1.53 bits per heavy atom. The average Bonchev–Trinajstić information content (AvgIpc) is 2.69. The van der Waals surface area contributed by atoms with E-state index < -0.39 is 0 Å². The number of nitrogens with one attached hydrogen (secondary N) is 1. The lowest BCUT2D eigenvalue weighted by Crippen LogP contribution is -2.29. The van der Waals surface area contributed by atoms with Gasteiger partial charge in [-0.3, -0.25) is 0 Å². The predicted molar refractivity (Wildman–Crippen MR) is 64.0 cm³/mol. The van der Waals surface area contributed by atoms with Crippen LogP contribution in [-0.2, 0) is 6.54 Å². The van der Waals surface area contributed by atoms with Crippen LogP contribution in [0.5, 0.6) is 0 Å². The Balaban J connectivity index is 1.98. The van der Waals surface area contributed by atoms with Gasteiger partial charge in [0.25, 0.3) is 0 Å². The molecule has 0 radical (unpaired) electrons. The molecule has 0 unspecified atom stereocenters. The molecule has 0 aliphatic rings. The highest BCUT2D eigenvalue weighted by molar-refractivity contribution is 7.03. The minimum atomic E-state index is 0.632. The van der Waals surface area contributed by atoms with Gasteiger partial charge in [-0.05, 0) is 51.9 Å². The van der Waals surface area contributed by atoms with Crippen LogP contribution in [0.2, 0.25) is 0 Å². The fraction of sp³-hybridized carbons (Fsp3) is 0.800. The van der Waals surface area contributed by atoms with E-state index in [9.17, 15) is 0 Å². The van der Waals surface area contributed by atoms with Crippen LogP contribution in [0.4, 0.5) is 0 Å². The van der Waals surface area contributed by atoms with Crippen LogP contribution in [-0.4, -0.2) is 40.7 Å². The standard InChI is InChI=1S/C10H20N4S/c1-9(2)14(3)6-4-5-11-7-10-8-15-13-12-10/h8-9,11H,4-7H2,1-3H3. The lowest BCUT2D eigenvalue weighted by Gasteiger charge is -2.20. The van der Waals surface area contributed by atoms with E-state index >= 15 is 0 Å². The highest BCUT2D eigenvalue weighted by Gasteiger charge is 2.01. The monoisotopic (exact) mass is 228 g/mol. The molecule has 0 bridgehead atoms. The number of hydrogen-bond acceptors (Lipinski definition) is 5. The highest BCUT2D eigenvalue weighted by atomic mass is 32.1. The van der Waals surface area contributed by atoms with Gasteiger partial charge in [0, 0.05) is 18.0 Å². The Hall–Kier alpha value is -0.520. The second-order valence-corrected chi connectivity index (χ2v) is 4.61. The van der Waals surface area contributed by atoms with E-state index in [1.807, 2.05) is 5.38 Å². The lowest BCUT2D eigenvalue weighted by molar-refractivity contribution is 0.269. The van der Waals surface area contributed by atoms with Gasteiger partial charge < -0.3 is 10.2 Å². The minimum Gasteiger partial charge on any atom is -0.311 e. The van der Waals surface area contributed by atoms with Crippen molar-refractivity contribution in [2.45, 2.75) is 32.9 Å². The van der Waals surface area contributed by atoms with Gasteiger partial charge in [0.15, 0.2) is 0 Å². The molecule has 0 saturated carbocycles. The quantitative estimate of drug-likeness (QED) is 0.715. The van der Waals surface area contributed by atoms with Crippen LogP contribution in [0.25, 0.3) is 0 Å². The molecule has 0 aliphatic heterocycles. The van der Waals surface area contributed by atoms with E-state index in [4.69, 9.17) is 0 Å². The van der Waals surface area contributed by atoms with Crippen molar-refractivity contribution in [3.63, 3.8) is 0 Å². The smallest absolute Gasteiger partial charge is 0.0893 e. The summed E-state index contributed by atoms with van der Waals surface area (Å²) >= 11 is 1.40. The van der Waals surface area contributed by atoms with Crippen LogP contribution in [0.15, 0.2) is 5.38 Å². The van der Waals surface area contributed by atoms with Crippen molar-refractivity contribution in [1.82, 2.24) is 19.8 Å². The van der Waals surface area contributed by atoms with E-state index in [-0.39, 0.29) is 0 Å². The number of nitrogens with zero attached hydrogens (tertiary/aromatic N) is 3. The predicted octanol–water partition coefficient (Wildman–Crippen LogP) is 1.36. The molecule has 0 aliphatic carbocycles. The molecule has 0 saturated heterocycles. The molecule has 4 nitrogen and oxygen atoms in total. The van der Waals surface area contributed by atoms with Gasteiger partial charge in [-0.15, -0.1) is 5.10 Å². The van der Waals surface area contributed by atoms with E-state index in [2.05, 4.69) is 40.7 Å². The molecule has 0 atom stereocenters. The van der Waals surface area contributed by atoms with Gasteiger partial charge in [0.2, 0.25) is 0 Å². The van der Waals surface area contributed by atoms with Crippen molar-refractivity contribution in [1.29, 1.82) is 0 Å². The van der Waals surface area contributed by atoms with Gasteiger partial charge in [-0.25, -0.2) is 0 Å². The van der Waals surface area contributed by atoms with E-state index in [1.165, 1.54) is 18.0 Å². The third-order valence-electron chi connectivity index (χ3n) is 2.46. The summed E-state index contributed by atoms with van der Waals surface area (Å²) < 4.78 is 3.82. The molecule has 1 N–H and O–H groups in total. The van der Waals surface area contributed by atoms with Crippen molar-refractivity contribution in [2.24, 2.45) is 0 Å². The second kappa shape index (κ2) is 6.87. The van der Waals surface area contributed by atoms with Gasteiger partial charge >= 0.3 is 0 Å². The molecule has 1 rings (SSSR count). The van der Waals surface area contributed by atoms with Gasteiger partial charge in [-0.2, -0.15) is 0 Å². The first-order chi connectivity index (χ1) is 7.20. The Labute approximate surface area is 95.8 Å². The normalized spacial score (nSPS) is 11.5. The molecule has 1 aromatic heterocycles. The zero-order chi connectivity index (χ0) is 11.1. The van der Waals surface area contributed by atoms with Crippen molar-refractivity contribution < 1.29 is 0 Å². The summed E-state index contributed by atoms with van der Waals surface area (Å²) in [5.41, 5.74) is 1.04. The molecular formula is C10H20N4S. The largest absolute Gasteiger partial charge is 0.311 e. The second-order valence-electron chi connectivity index (χ2n) is 4.00. The lowest BCUT2D eigenvalue weighted by atomic mass is 10.3. The summed E-state index contributed by atoms with van der Waals surface area (Å²) in [5.74, 6) is 0. The highest BCUT2D eigenvalue weighted by Crippen LogP contribution is 1.97. The summed E-state index contributed by atoms with van der Waals surface area (Å²) in [7, 11) is 2.16. The summed E-state index contributed by atoms with van der Waals surface area (Å²) in [4.78, 5) is 2.35. The molecule has 0 aromatic carbocycles. The molecule has 0 fully saturated rings. The third kappa shape index (κ3) is 5.20. The van der Waals surface area contributed by atoms with Gasteiger partial charge in [0.1, 0.15) is 0 Å². The zero-order valence-corrected chi connectivity index (χ0v) is 10.5. The van der Waals surface area contributed by atoms with E-state index in [0.717, 1.165) is 25.3 Å². The summed E-state index contributed by atoms with van der Waals surface area (Å²) in [6, 6.07) is 0.632. The molecule has 5 heteroatoms. The summed E-state index contributed by atoms with van der Waals surface area (Å²) in [6.07, 6.45) is 1.17. The molecule has 1 aromatic rings. The molecule has 15 heavy (non-hydrogen) atoms.